The van der Waals surface area contributed by atoms with Crippen LogP contribution in [0.1, 0.15) is 39.1 Å². The molecule has 1 N–H and O–H groups in total. The van der Waals surface area contributed by atoms with E-state index >= 15 is 0 Å². The fourth-order valence-corrected chi connectivity index (χ4v) is 4.86. The molecular weight excluding hydrogens is 448 g/mol. The Morgan fingerprint density at radius 1 is 1.15 bits per heavy atom. The van der Waals surface area contributed by atoms with Crippen LogP contribution in [0, 0.1) is 0 Å². The fraction of sp³-hybridized carbons (Fsp3) is 0.346. The van der Waals surface area contributed by atoms with Crippen molar-refractivity contribution in [1.29, 1.82) is 0 Å². The van der Waals surface area contributed by atoms with Crippen molar-refractivity contribution in [3.63, 3.8) is 0 Å². The van der Waals surface area contributed by atoms with Crippen LogP contribution in [-0.4, -0.2) is 53.5 Å². The Kier molecular flexibility index (Phi) is 7.92. The molecule has 0 radical (unpaired) electrons. The number of benzene rings is 2. The lowest BCUT2D eigenvalue weighted by Crippen LogP contribution is -2.37. The van der Waals surface area contributed by atoms with Gasteiger partial charge in [0.25, 0.3) is 5.91 Å². The normalized spacial score (nSPS) is 12.8. The number of anilines is 1. The summed E-state index contributed by atoms with van der Waals surface area (Å²) in [4.78, 5) is 34.2. The highest BCUT2D eigenvalue weighted by Crippen LogP contribution is 2.22. The van der Waals surface area contributed by atoms with Gasteiger partial charge in [-0.15, -0.1) is 11.3 Å². The van der Waals surface area contributed by atoms with Gasteiger partial charge in [0.1, 0.15) is 10.7 Å². The third-order valence-corrected chi connectivity index (χ3v) is 6.84. The maximum atomic E-state index is 13.1. The SMILES string of the molecule is CCc1ccccc1NC(=O)N(CCOC)Cc1nc(C(=O)N2CCc3ccccc3C2)cs1. The zero-order valence-corrected chi connectivity index (χ0v) is 20.4. The highest BCUT2D eigenvalue weighted by atomic mass is 32.1. The van der Waals surface area contributed by atoms with E-state index in [1.807, 2.05) is 41.3 Å². The summed E-state index contributed by atoms with van der Waals surface area (Å²) in [5.41, 5.74) is 4.80. The molecule has 1 aliphatic rings. The lowest BCUT2D eigenvalue weighted by Gasteiger charge is -2.28. The molecular formula is C26H30N4O3S. The first kappa shape index (κ1) is 23.9. The van der Waals surface area contributed by atoms with Crippen LogP contribution in [0.5, 0.6) is 0 Å². The average Bonchev–Trinajstić information content (AvgIpc) is 3.34. The van der Waals surface area contributed by atoms with E-state index in [2.05, 4.69) is 29.4 Å². The van der Waals surface area contributed by atoms with Crippen molar-refractivity contribution < 1.29 is 14.3 Å². The van der Waals surface area contributed by atoms with Crippen molar-refractivity contribution in [2.75, 3.05) is 32.1 Å². The van der Waals surface area contributed by atoms with Crippen molar-refractivity contribution in [3.05, 3.63) is 81.3 Å². The van der Waals surface area contributed by atoms with Gasteiger partial charge in [-0.05, 0) is 35.6 Å². The monoisotopic (exact) mass is 478 g/mol. The maximum absolute atomic E-state index is 13.1. The minimum Gasteiger partial charge on any atom is -0.383 e. The standard InChI is InChI=1S/C26H30N4O3S/c1-3-19-8-6-7-11-22(19)28-26(32)30(14-15-33-2)17-24-27-23(18-34-24)25(31)29-13-12-20-9-4-5-10-21(20)16-29/h4-11,18H,3,12-17H2,1-2H3,(H,28,32). The zero-order chi connectivity index (χ0) is 23.9. The topological polar surface area (TPSA) is 74.8 Å². The van der Waals surface area contributed by atoms with Crippen LogP contribution in [-0.2, 0) is 30.7 Å². The first-order valence-electron chi connectivity index (χ1n) is 11.5. The summed E-state index contributed by atoms with van der Waals surface area (Å²) in [7, 11) is 1.61. The number of carbonyl (C=O) groups excluding carboxylic acids is 2. The first-order valence-corrected chi connectivity index (χ1v) is 12.4. The Labute approximate surface area is 204 Å². The van der Waals surface area contributed by atoms with Gasteiger partial charge in [0.2, 0.25) is 0 Å². The van der Waals surface area contributed by atoms with Gasteiger partial charge in [0.15, 0.2) is 0 Å². The summed E-state index contributed by atoms with van der Waals surface area (Å²) in [6, 6.07) is 15.8. The molecule has 3 amide bonds. The maximum Gasteiger partial charge on any atom is 0.322 e. The summed E-state index contributed by atoms with van der Waals surface area (Å²) in [6.45, 7) is 4.48. The Balaban J connectivity index is 1.43. The number of amides is 3. The summed E-state index contributed by atoms with van der Waals surface area (Å²) in [5.74, 6) is -0.0678. The molecule has 0 bridgehead atoms. The van der Waals surface area contributed by atoms with Gasteiger partial charge in [-0.3, -0.25) is 4.79 Å². The molecule has 34 heavy (non-hydrogen) atoms. The van der Waals surface area contributed by atoms with Gasteiger partial charge in [-0.1, -0.05) is 49.4 Å². The van der Waals surface area contributed by atoms with Crippen LogP contribution >= 0.6 is 11.3 Å². The van der Waals surface area contributed by atoms with E-state index in [4.69, 9.17) is 4.74 Å². The van der Waals surface area contributed by atoms with E-state index in [1.54, 1.807) is 17.4 Å². The Bertz CT molecular complexity index is 1150. The van der Waals surface area contributed by atoms with Crippen LogP contribution < -0.4 is 5.32 Å². The molecule has 0 aliphatic carbocycles. The number of para-hydroxylation sites is 1. The van der Waals surface area contributed by atoms with Crippen molar-refractivity contribution in [3.8, 4) is 0 Å². The van der Waals surface area contributed by atoms with Crippen LogP contribution in [0.2, 0.25) is 0 Å². The molecule has 2 heterocycles. The number of rotatable bonds is 8. The second-order valence-electron chi connectivity index (χ2n) is 8.23. The van der Waals surface area contributed by atoms with E-state index < -0.39 is 0 Å². The van der Waals surface area contributed by atoms with Crippen molar-refractivity contribution in [2.45, 2.75) is 32.9 Å². The summed E-state index contributed by atoms with van der Waals surface area (Å²) in [6.07, 6.45) is 1.68. The van der Waals surface area contributed by atoms with Crippen molar-refractivity contribution >= 4 is 29.0 Å². The van der Waals surface area contributed by atoms with Gasteiger partial charge in [-0.2, -0.15) is 0 Å². The third kappa shape index (κ3) is 5.63. The highest BCUT2D eigenvalue weighted by Gasteiger charge is 2.24. The number of ether oxygens (including phenoxy) is 1. The van der Waals surface area contributed by atoms with Gasteiger partial charge >= 0.3 is 6.03 Å². The van der Waals surface area contributed by atoms with E-state index in [9.17, 15) is 9.59 Å². The highest BCUT2D eigenvalue weighted by molar-refractivity contribution is 7.09. The number of fused-ring (bicyclic) bond motifs is 1. The van der Waals surface area contributed by atoms with Gasteiger partial charge in [-0.25, -0.2) is 9.78 Å². The van der Waals surface area contributed by atoms with E-state index in [-0.39, 0.29) is 11.9 Å². The Morgan fingerprint density at radius 2 is 1.91 bits per heavy atom. The molecule has 178 valence electrons. The van der Waals surface area contributed by atoms with Gasteiger partial charge < -0.3 is 19.9 Å². The number of nitrogens with one attached hydrogen (secondary N) is 1. The predicted molar refractivity (Wildman–Crippen MR) is 134 cm³/mol. The molecule has 7 nitrogen and oxygen atoms in total. The van der Waals surface area contributed by atoms with E-state index in [0.29, 0.717) is 38.5 Å². The summed E-state index contributed by atoms with van der Waals surface area (Å²) < 4.78 is 5.21. The predicted octanol–water partition coefficient (Wildman–Crippen LogP) is 4.58. The van der Waals surface area contributed by atoms with E-state index in [0.717, 1.165) is 29.1 Å². The number of urea groups is 1. The molecule has 0 spiro atoms. The number of nitrogens with zero attached hydrogens (tertiary/aromatic N) is 3. The summed E-state index contributed by atoms with van der Waals surface area (Å²) in [5, 5.41) is 5.52. The Morgan fingerprint density at radius 3 is 2.71 bits per heavy atom. The minimum atomic E-state index is -0.214. The molecule has 0 atom stereocenters. The molecule has 0 unspecified atom stereocenters. The second-order valence-corrected chi connectivity index (χ2v) is 9.17. The van der Waals surface area contributed by atoms with Crippen LogP contribution in [0.3, 0.4) is 0 Å². The smallest absolute Gasteiger partial charge is 0.322 e. The lowest BCUT2D eigenvalue weighted by molar-refractivity contribution is 0.0729. The fourth-order valence-electron chi connectivity index (χ4n) is 4.07. The largest absolute Gasteiger partial charge is 0.383 e. The molecule has 2 aromatic carbocycles. The van der Waals surface area contributed by atoms with Crippen molar-refractivity contribution in [2.24, 2.45) is 0 Å². The number of aromatic nitrogens is 1. The van der Waals surface area contributed by atoms with Crippen LogP contribution in [0.15, 0.2) is 53.9 Å². The zero-order valence-electron chi connectivity index (χ0n) is 19.6. The quantitative estimate of drug-likeness (QED) is 0.514. The molecule has 1 aliphatic heterocycles. The minimum absolute atomic E-state index is 0.0678. The molecule has 0 saturated carbocycles. The number of methoxy groups -OCH3 is 1. The number of carbonyl (C=O) groups is 2. The molecule has 0 saturated heterocycles. The van der Waals surface area contributed by atoms with Gasteiger partial charge in [0, 0.05) is 37.8 Å². The number of thiazole rings is 1. The van der Waals surface area contributed by atoms with E-state index in [1.165, 1.54) is 22.5 Å². The molecule has 0 fully saturated rings. The molecule has 1 aromatic heterocycles. The van der Waals surface area contributed by atoms with Crippen molar-refractivity contribution in [1.82, 2.24) is 14.8 Å². The molecule has 3 aromatic rings. The Hall–Kier alpha value is -3.23. The second kappa shape index (κ2) is 11.3. The first-order chi connectivity index (χ1) is 16.6. The summed E-state index contributed by atoms with van der Waals surface area (Å²) >= 11 is 1.40. The average molecular weight is 479 g/mol. The number of hydrogen-bond acceptors (Lipinski definition) is 5. The lowest BCUT2D eigenvalue weighted by atomic mass is 10.00. The van der Waals surface area contributed by atoms with Crippen LogP contribution in [0.25, 0.3) is 0 Å². The molecule has 8 heteroatoms. The van der Waals surface area contributed by atoms with Crippen LogP contribution in [0.4, 0.5) is 10.5 Å². The van der Waals surface area contributed by atoms with Gasteiger partial charge in [0.05, 0.1) is 13.2 Å². The number of aryl methyl sites for hydroxylation is 1. The molecule has 4 rings (SSSR count). The third-order valence-electron chi connectivity index (χ3n) is 6.01. The number of hydrogen-bond donors (Lipinski definition) is 1.